The quantitative estimate of drug-likeness (QED) is 0.835. The first kappa shape index (κ1) is 17.8. The predicted molar refractivity (Wildman–Crippen MR) is 102 cm³/mol. The van der Waals surface area contributed by atoms with E-state index >= 15 is 0 Å². The number of hydrogen-bond acceptors (Lipinski definition) is 5. The van der Waals surface area contributed by atoms with Crippen LogP contribution in [0.2, 0.25) is 0 Å². The average Bonchev–Trinajstić information content (AvgIpc) is 2.62. The first-order valence-corrected chi connectivity index (χ1v) is 9.02. The number of nitrogens with one attached hydrogen (secondary N) is 1. The molecule has 2 saturated heterocycles. The summed E-state index contributed by atoms with van der Waals surface area (Å²) in [6.07, 6.45) is 8.39. The fourth-order valence-electron chi connectivity index (χ4n) is 3.55. The molecule has 134 valence electrons. The Bertz CT molecular complexity index is 652. The Morgan fingerprint density at radius 3 is 2.80 bits per heavy atom. The summed E-state index contributed by atoms with van der Waals surface area (Å²) in [6, 6.07) is 2.05. The smallest absolute Gasteiger partial charge is 0.225 e. The normalized spacial score (nSPS) is 20.5. The summed E-state index contributed by atoms with van der Waals surface area (Å²) in [7, 11) is 0. The number of nitrogens with zero attached hydrogens (tertiary/aromatic N) is 3. The minimum absolute atomic E-state index is 0.00408. The fourth-order valence-corrected chi connectivity index (χ4v) is 3.55. The first-order chi connectivity index (χ1) is 12.1. The lowest BCUT2D eigenvalue weighted by molar-refractivity contribution is -0.0800. The molecule has 2 aliphatic heterocycles. The molecule has 0 aliphatic carbocycles. The van der Waals surface area contributed by atoms with Crippen molar-refractivity contribution in [3.05, 3.63) is 54.4 Å². The summed E-state index contributed by atoms with van der Waals surface area (Å²) in [5.41, 5.74) is 3.13. The Balaban J connectivity index is 1.71. The van der Waals surface area contributed by atoms with Gasteiger partial charge in [-0.3, -0.25) is 0 Å². The van der Waals surface area contributed by atoms with Gasteiger partial charge in [-0.1, -0.05) is 31.4 Å². The molecule has 0 atom stereocenters. The van der Waals surface area contributed by atoms with Gasteiger partial charge in [-0.2, -0.15) is 0 Å². The standard InChI is InChI=1S/C20H28N4O/c1-4-6-17(5-2)14-18-13-16(3)22-19(23-18)24-10-7-20(8-11-24)15-21-9-12-25-20/h4-6,13,21H,1-2,7-12,14-15H2,3H3/b17-6+. The van der Waals surface area contributed by atoms with E-state index in [9.17, 15) is 0 Å². The molecular formula is C20H28N4O. The Labute approximate surface area is 150 Å². The van der Waals surface area contributed by atoms with Crippen LogP contribution in [0.3, 0.4) is 0 Å². The van der Waals surface area contributed by atoms with Crippen LogP contribution in [0.25, 0.3) is 0 Å². The molecule has 0 saturated carbocycles. The van der Waals surface area contributed by atoms with Crippen molar-refractivity contribution >= 4 is 5.95 Å². The number of morpholine rings is 1. The molecule has 0 radical (unpaired) electrons. The number of allylic oxidation sites excluding steroid dienone is 4. The maximum Gasteiger partial charge on any atom is 0.225 e. The van der Waals surface area contributed by atoms with Crippen molar-refractivity contribution in [1.82, 2.24) is 15.3 Å². The van der Waals surface area contributed by atoms with Crippen LogP contribution in [0.4, 0.5) is 5.95 Å². The van der Waals surface area contributed by atoms with Gasteiger partial charge in [0.2, 0.25) is 5.95 Å². The molecule has 0 bridgehead atoms. The van der Waals surface area contributed by atoms with Crippen molar-refractivity contribution in [3.63, 3.8) is 0 Å². The van der Waals surface area contributed by atoms with Gasteiger partial charge in [0.25, 0.3) is 0 Å². The summed E-state index contributed by atoms with van der Waals surface area (Å²) < 4.78 is 6.07. The summed E-state index contributed by atoms with van der Waals surface area (Å²) in [5, 5.41) is 3.46. The largest absolute Gasteiger partial charge is 0.372 e. The van der Waals surface area contributed by atoms with E-state index in [1.54, 1.807) is 6.08 Å². The lowest BCUT2D eigenvalue weighted by atomic mass is 9.90. The van der Waals surface area contributed by atoms with E-state index in [4.69, 9.17) is 9.72 Å². The number of aromatic nitrogens is 2. The van der Waals surface area contributed by atoms with Crippen LogP contribution >= 0.6 is 0 Å². The second kappa shape index (κ2) is 7.93. The Kier molecular flexibility index (Phi) is 5.66. The topological polar surface area (TPSA) is 50.3 Å². The van der Waals surface area contributed by atoms with Crippen molar-refractivity contribution in [2.45, 2.75) is 31.8 Å². The first-order valence-electron chi connectivity index (χ1n) is 9.02. The number of hydrogen-bond donors (Lipinski definition) is 1. The van der Waals surface area contributed by atoms with Crippen molar-refractivity contribution in [2.24, 2.45) is 0 Å². The molecule has 1 aromatic heterocycles. The van der Waals surface area contributed by atoms with E-state index in [1.807, 2.05) is 25.1 Å². The molecule has 3 rings (SSSR count). The Hall–Kier alpha value is -1.98. The SMILES string of the molecule is C=C/C=C(\C=C)Cc1cc(C)nc(N2CCC3(CC2)CNCCO3)n1. The van der Waals surface area contributed by atoms with E-state index in [0.29, 0.717) is 0 Å². The zero-order valence-electron chi connectivity index (χ0n) is 15.1. The fraction of sp³-hybridized carbons (Fsp3) is 0.500. The molecule has 1 N–H and O–H groups in total. The Morgan fingerprint density at radius 1 is 1.36 bits per heavy atom. The van der Waals surface area contributed by atoms with Crippen LogP contribution in [0, 0.1) is 6.92 Å². The maximum atomic E-state index is 6.07. The molecule has 5 heteroatoms. The third-order valence-electron chi connectivity index (χ3n) is 4.97. The van der Waals surface area contributed by atoms with E-state index in [-0.39, 0.29) is 5.60 Å². The molecule has 0 aromatic carbocycles. The lowest BCUT2D eigenvalue weighted by Gasteiger charge is -2.44. The van der Waals surface area contributed by atoms with Crippen LogP contribution in [0.1, 0.15) is 24.2 Å². The molecule has 0 unspecified atom stereocenters. The molecule has 1 spiro atoms. The molecular weight excluding hydrogens is 312 g/mol. The number of ether oxygens (including phenoxy) is 1. The van der Waals surface area contributed by atoms with Crippen molar-refractivity contribution < 1.29 is 4.74 Å². The molecule has 5 nitrogen and oxygen atoms in total. The molecule has 3 heterocycles. The van der Waals surface area contributed by atoms with Crippen LogP contribution in [0.15, 0.2) is 43.0 Å². The second-order valence-corrected chi connectivity index (χ2v) is 6.85. The van der Waals surface area contributed by atoms with Gasteiger partial charge < -0.3 is 15.0 Å². The van der Waals surface area contributed by atoms with Gasteiger partial charge >= 0.3 is 0 Å². The second-order valence-electron chi connectivity index (χ2n) is 6.85. The number of anilines is 1. The van der Waals surface area contributed by atoms with Crippen molar-refractivity contribution in [2.75, 3.05) is 37.7 Å². The van der Waals surface area contributed by atoms with Crippen molar-refractivity contribution in [1.29, 1.82) is 0 Å². The Morgan fingerprint density at radius 2 is 2.16 bits per heavy atom. The summed E-state index contributed by atoms with van der Waals surface area (Å²) in [4.78, 5) is 11.7. The van der Waals surface area contributed by atoms with E-state index in [0.717, 1.165) is 75.0 Å². The van der Waals surface area contributed by atoms with E-state index < -0.39 is 0 Å². The molecule has 1 aromatic rings. The predicted octanol–water partition coefficient (Wildman–Crippen LogP) is 2.58. The number of rotatable bonds is 5. The highest BCUT2D eigenvalue weighted by molar-refractivity contribution is 5.36. The van der Waals surface area contributed by atoms with Crippen LogP contribution in [-0.4, -0.2) is 48.4 Å². The van der Waals surface area contributed by atoms with Gasteiger partial charge in [-0.15, -0.1) is 0 Å². The molecule has 2 fully saturated rings. The average molecular weight is 340 g/mol. The van der Waals surface area contributed by atoms with Crippen molar-refractivity contribution in [3.8, 4) is 0 Å². The van der Waals surface area contributed by atoms with E-state index in [2.05, 4.69) is 28.4 Å². The summed E-state index contributed by atoms with van der Waals surface area (Å²) >= 11 is 0. The van der Waals surface area contributed by atoms with Gasteiger partial charge in [0.15, 0.2) is 0 Å². The molecule has 2 aliphatic rings. The summed E-state index contributed by atoms with van der Waals surface area (Å²) in [6.45, 7) is 14.2. The van der Waals surface area contributed by atoms with Gasteiger partial charge in [0.05, 0.1) is 17.9 Å². The highest BCUT2D eigenvalue weighted by Crippen LogP contribution is 2.29. The zero-order chi connectivity index (χ0) is 17.7. The van der Waals surface area contributed by atoms with Gasteiger partial charge in [-0.25, -0.2) is 9.97 Å². The monoisotopic (exact) mass is 340 g/mol. The molecule has 25 heavy (non-hydrogen) atoms. The summed E-state index contributed by atoms with van der Waals surface area (Å²) in [5.74, 6) is 0.829. The lowest BCUT2D eigenvalue weighted by Crippen LogP contribution is -2.55. The number of aryl methyl sites for hydroxylation is 1. The molecule has 0 amide bonds. The highest BCUT2D eigenvalue weighted by Gasteiger charge is 2.37. The van der Waals surface area contributed by atoms with Gasteiger partial charge in [0, 0.05) is 38.3 Å². The van der Waals surface area contributed by atoms with E-state index in [1.165, 1.54) is 0 Å². The minimum atomic E-state index is 0.00408. The zero-order valence-corrected chi connectivity index (χ0v) is 15.1. The van der Waals surface area contributed by atoms with Crippen LogP contribution in [0.5, 0.6) is 0 Å². The third kappa shape index (κ3) is 4.35. The maximum absolute atomic E-state index is 6.07. The highest BCUT2D eigenvalue weighted by atomic mass is 16.5. The number of piperidine rings is 1. The van der Waals surface area contributed by atoms with Gasteiger partial charge in [-0.05, 0) is 31.4 Å². The van der Waals surface area contributed by atoms with Crippen LogP contribution in [-0.2, 0) is 11.2 Å². The third-order valence-corrected chi connectivity index (χ3v) is 4.97. The van der Waals surface area contributed by atoms with Gasteiger partial charge in [0.1, 0.15) is 0 Å². The minimum Gasteiger partial charge on any atom is -0.372 e. The van der Waals surface area contributed by atoms with Crippen LogP contribution < -0.4 is 10.2 Å².